The number of unbranched alkanes of at least 4 members (excludes halogenated alkanes) is 3. The summed E-state index contributed by atoms with van der Waals surface area (Å²) < 4.78 is 14.7. The zero-order valence-electron chi connectivity index (χ0n) is 51.2. The van der Waals surface area contributed by atoms with Crippen LogP contribution in [0.3, 0.4) is 0 Å². The van der Waals surface area contributed by atoms with E-state index in [0.29, 0.717) is 0 Å². The van der Waals surface area contributed by atoms with E-state index in [1.165, 1.54) is 152 Å². The fraction of sp³-hybridized carbons (Fsp3) is 0.308. The molecule has 0 radical (unpaired) electrons. The summed E-state index contributed by atoms with van der Waals surface area (Å²) in [5.41, 5.74) is 24.4. The van der Waals surface area contributed by atoms with Gasteiger partial charge in [0.25, 0.3) is 0 Å². The molecular formula is C78H87BBr2O2. The molecule has 1 fully saturated rings. The standard InChI is InChI=1S/C42H46.C24H33BO2.C12H8Br2/c1-5-9-11-31-13-17-37(18-14-31)41-27-25-39(29-33(41)7-3)35-21-23-36(24-22-35)40-26-28-42(34(8-4)30-40)38-19-15-32(16-20-38)12-10-6-2;1-7-9-10-18-11-13-20(14-12-18)22-16-15-21(17-19(22)8-2)25-26-23(3,4)24(5,6)27-25;13-11-5-1-9(2-6-11)10-3-7-12(14)8-4-10/h13-30H,5-12H2,1-4H3;11-17H,7-10H2,1-6H3;1-8H. The summed E-state index contributed by atoms with van der Waals surface area (Å²) in [7, 11) is -0.300. The topological polar surface area (TPSA) is 18.5 Å². The molecule has 5 heteroatoms. The molecule has 0 aliphatic carbocycles. The van der Waals surface area contributed by atoms with Gasteiger partial charge < -0.3 is 9.31 Å². The largest absolute Gasteiger partial charge is 0.494 e. The van der Waals surface area contributed by atoms with Crippen molar-refractivity contribution in [2.45, 2.75) is 157 Å². The first-order chi connectivity index (χ1) is 40.2. The monoisotopic (exact) mass is 1220 g/mol. The van der Waals surface area contributed by atoms with E-state index in [2.05, 4.69) is 301 Å². The first kappa shape index (κ1) is 63.0. The third-order valence-electron chi connectivity index (χ3n) is 16.8. The summed E-state index contributed by atoms with van der Waals surface area (Å²) in [6, 6.07) is 73.8. The Bertz CT molecular complexity index is 3270. The van der Waals surface area contributed by atoms with Crippen LogP contribution in [0.1, 0.15) is 141 Å². The number of aryl methyl sites for hydroxylation is 6. The van der Waals surface area contributed by atoms with E-state index in [0.717, 1.165) is 40.1 Å². The van der Waals surface area contributed by atoms with Crippen molar-refractivity contribution in [3.8, 4) is 66.8 Å². The van der Waals surface area contributed by atoms with Crippen molar-refractivity contribution in [1.29, 1.82) is 0 Å². The molecule has 0 atom stereocenters. The van der Waals surface area contributed by atoms with Crippen LogP contribution in [0.4, 0.5) is 0 Å². The molecule has 0 bridgehead atoms. The SMILES string of the molecule is Brc1ccc(-c2ccc(Br)cc2)cc1.CCCCc1ccc(-c2ccc(-c3ccc(-c4ccc(-c5ccc(CCCC)cc5)c(CC)c4)cc3)cc2CC)cc1.CCCCc1ccc(-c2ccc(B3OC(C)(C)C(C)(C)O3)cc2CC)cc1. The number of hydrogen-bond acceptors (Lipinski definition) is 2. The minimum absolute atomic E-state index is 0.300. The molecule has 9 aromatic carbocycles. The van der Waals surface area contributed by atoms with Crippen molar-refractivity contribution in [1.82, 2.24) is 0 Å². The zero-order chi connectivity index (χ0) is 58.9. The lowest BCUT2D eigenvalue weighted by Crippen LogP contribution is -2.41. The fourth-order valence-electron chi connectivity index (χ4n) is 10.8. The van der Waals surface area contributed by atoms with Crippen LogP contribution < -0.4 is 5.46 Å². The van der Waals surface area contributed by atoms with Crippen LogP contribution in [0.5, 0.6) is 0 Å². The van der Waals surface area contributed by atoms with Crippen LogP contribution >= 0.6 is 31.9 Å². The van der Waals surface area contributed by atoms with E-state index in [1.54, 1.807) is 0 Å². The Morgan fingerprint density at radius 3 is 0.892 bits per heavy atom. The Kier molecular flexibility index (Phi) is 22.9. The molecule has 1 heterocycles. The summed E-state index contributed by atoms with van der Waals surface area (Å²) in [6.45, 7) is 21.9. The Balaban J connectivity index is 0.000000186. The van der Waals surface area contributed by atoms with Crippen molar-refractivity contribution in [2.75, 3.05) is 0 Å². The van der Waals surface area contributed by atoms with E-state index >= 15 is 0 Å². The first-order valence-electron chi connectivity index (χ1n) is 30.8. The van der Waals surface area contributed by atoms with E-state index in [9.17, 15) is 0 Å². The average molecular weight is 1230 g/mol. The van der Waals surface area contributed by atoms with Gasteiger partial charge in [-0.1, -0.05) is 269 Å². The quantitative estimate of drug-likeness (QED) is 0.0751. The third kappa shape index (κ3) is 16.6. The molecule has 9 aromatic rings. The molecule has 0 unspecified atom stereocenters. The Hall–Kier alpha value is -6.08. The van der Waals surface area contributed by atoms with E-state index in [4.69, 9.17) is 9.31 Å². The van der Waals surface area contributed by atoms with Crippen LogP contribution in [0.15, 0.2) is 209 Å². The smallest absolute Gasteiger partial charge is 0.399 e. The van der Waals surface area contributed by atoms with Crippen molar-refractivity contribution < 1.29 is 9.31 Å². The molecule has 10 rings (SSSR count). The van der Waals surface area contributed by atoms with Crippen molar-refractivity contribution in [3.63, 3.8) is 0 Å². The molecule has 1 saturated heterocycles. The van der Waals surface area contributed by atoms with Crippen LogP contribution in [0.25, 0.3) is 66.8 Å². The fourth-order valence-corrected chi connectivity index (χ4v) is 11.4. The second kappa shape index (κ2) is 30.1. The van der Waals surface area contributed by atoms with Gasteiger partial charge in [0.1, 0.15) is 0 Å². The van der Waals surface area contributed by atoms with Gasteiger partial charge in [-0.15, -0.1) is 0 Å². The van der Waals surface area contributed by atoms with Crippen LogP contribution in [-0.4, -0.2) is 18.3 Å². The highest BCUT2D eigenvalue weighted by molar-refractivity contribution is 9.10. The molecule has 1 aliphatic heterocycles. The molecule has 0 N–H and O–H groups in total. The summed E-state index contributed by atoms with van der Waals surface area (Å²) >= 11 is 6.84. The van der Waals surface area contributed by atoms with Gasteiger partial charge in [0.05, 0.1) is 11.2 Å². The summed E-state index contributed by atoms with van der Waals surface area (Å²) in [6.07, 6.45) is 14.0. The molecule has 83 heavy (non-hydrogen) atoms. The predicted octanol–water partition coefficient (Wildman–Crippen LogP) is 22.6. The van der Waals surface area contributed by atoms with Gasteiger partial charge in [0.2, 0.25) is 0 Å². The Morgan fingerprint density at radius 1 is 0.313 bits per heavy atom. The van der Waals surface area contributed by atoms with Gasteiger partial charge in [-0.05, 0) is 215 Å². The normalized spacial score (nSPS) is 13.2. The maximum absolute atomic E-state index is 6.23. The number of halogens is 2. The van der Waals surface area contributed by atoms with Gasteiger partial charge in [0.15, 0.2) is 0 Å². The molecule has 0 saturated carbocycles. The lowest BCUT2D eigenvalue weighted by atomic mass is 9.77. The highest BCUT2D eigenvalue weighted by atomic mass is 79.9. The maximum atomic E-state index is 6.23. The molecule has 0 spiro atoms. The van der Waals surface area contributed by atoms with Crippen LogP contribution in [0, 0.1) is 0 Å². The summed E-state index contributed by atoms with van der Waals surface area (Å²) in [5.74, 6) is 0. The zero-order valence-corrected chi connectivity index (χ0v) is 54.4. The third-order valence-corrected chi connectivity index (χ3v) is 17.9. The molecule has 0 aromatic heterocycles. The lowest BCUT2D eigenvalue weighted by Gasteiger charge is -2.32. The summed E-state index contributed by atoms with van der Waals surface area (Å²) in [4.78, 5) is 0. The minimum Gasteiger partial charge on any atom is -0.399 e. The maximum Gasteiger partial charge on any atom is 0.494 e. The molecule has 2 nitrogen and oxygen atoms in total. The molecule has 428 valence electrons. The second-order valence-electron chi connectivity index (χ2n) is 23.3. The number of hydrogen-bond donors (Lipinski definition) is 0. The van der Waals surface area contributed by atoms with E-state index in [1.807, 2.05) is 0 Å². The first-order valence-corrected chi connectivity index (χ1v) is 32.4. The van der Waals surface area contributed by atoms with Crippen molar-refractivity contribution in [2.24, 2.45) is 0 Å². The van der Waals surface area contributed by atoms with Gasteiger partial charge in [-0.3, -0.25) is 0 Å². The van der Waals surface area contributed by atoms with Gasteiger partial charge in [-0.2, -0.15) is 0 Å². The van der Waals surface area contributed by atoms with Gasteiger partial charge >= 0.3 is 7.12 Å². The molecule has 0 amide bonds. The summed E-state index contributed by atoms with van der Waals surface area (Å²) in [5, 5.41) is 0. The van der Waals surface area contributed by atoms with Crippen molar-refractivity contribution >= 4 is 44.4 Å². The van der Waals surface area contributed by atoms with Gasteiger partial charge in [0, 0.05) is 8.95 Å². The number of benzene rings is 9. The second-order valence-corrected chi connectivity index (χ2v) is 25.1. The minimum atomic E-state index is -0.308. The van der Waals surface area contributed by atoms with Crippen LogP contribution in [0.2, 0.25) is 0 Å². The van der Waals surface area contributed by atoms with Gasteiger partial charge in [-0.25, -0.2) is 0 Å². The van der Waals surface area contributed by atoms with E-state index in [-0.39, 0.29) is 18.3 Å². The lowest BCUT2D eigenvalue weighted by molar-refractivity contribution is 0.00578. The Morgan fingerprint density at radius 2 is 0.578 bits per heavy atom. The van der Waals surface area contributed by atoms with E-state index < -0.39 is 0 Å². The average Bonchev–Trinajstić information content (AvgIpc) is 4.04. The van der Waals surface area contributed by atoms with Crippen molar-refractivity contribution in [3.05, 3.63) is 243 Å². The molecule has 1 aliphatic rings. The highest BCUT2D eigenvalue weighted by Gasteiger charge is 2.51. The molecular weight excluding hydrogens is 1140 g/mol. The highest BCUT2D eigenvalue weighted by Crippen LogP contribution is 2.38. The van der Waals surface area contributed by atoms with Crippen LogP contribution in [-0.2, 0) is 47.8 Å². The Labute approximate surface area is 517 Å². The number of rotatable bonds is 19. The predicted molar refractivity (Wildman–Crippen MR) is 367 cm³/mol.